The second-order valence-electron chi connectivity index (χ2n) is 4.76. The molecule has 1 rings (SSSR count). The van der Waals surface area contributed by atoms with Crippen LogP contribution in [0, 0.1) is 5.92 Å². The van der Waals surface area contributed by atoms with Gasteiger partial charge in [-0.15, -0.1) is 0 Å². The zero-order chi connectivity index (χ0) is 11.1. The van der Waals surface area contributed by atoms with E-state index in [4.69, 9.17) is 4.74 Å². The molecule has 15 heavy (non-hydrogen) atoms. The van der Waals surface area contributed by atoms with Crippen LogP contribution in [0.5, 0.6) is 0 Å². The molecule has 0 radical (unpaired) electrons. The lowest BCUT2D eigenvalue weighted by Crippen LogP contribution is -2.48. The summed E-state index contributed by atoms with van der Waals surface area (Å²) in [4.78, 5) is 2.55. The fourth-order valence-corrected chi connectivity index (χ4v) is 2.01. The molecule has 1 atom stereocenters. The van der Waals surface area contributed by atoms with Gasteiger partial charge in [-0.1, -0.05) is 20.8 Å². The van der Waals surface area contributed by atoms with Crippen LogP contribution in [0.1, 0.15) is 27.2 Å². The summed E-state index contributed by atoms with van der Waals surface area (Å²) >= 11 is 0. The lowest BCUT2D eigenvalue weighted by atomic mass is 10.1. The molecule has 0 aromatic heterocycles. The van der Waals surface area contributed by atoms with Crippen molar-refractivity contribution in [3.05, 3.63) is 0 Å². The van der Waals surface area contributed by atoms with Gasteiger partial charge in [0.05, 0.1) is 13.2 Å². The number of nitrogens with one attached hydrogen (secondary N) is 1. The molecule has 3 nitrogen and oxygen atoms in total. The van der Waals surface area contributed by atoms with Crippen LogP contribution in [0.2, 0.25) is 0 Å². The Labute approximate surface area is 94.2 Å². The maximum atomic E-state index is 5.37. The molecule has 90 valence electrons. The van der Waals surface area contributed by atoms with E-state index in [1.165, 1.54) is 6.42 Å². The third-order valence-corrected chi connectivity index (χ3v) is 2.97. The highest BCUT2D eigenvalue weighted by atomic mass is 16.5. The van der Waals surface area contributed by atoms with Gasteiger partial charge in [0.15, 0.2) is 0 Å². The van der Waals surface area contributed by atoms with Gasteiger partial charge in [-0.2, -0.15) is 0 Å². The van der Waals surface area contributed by atoms with Crippen LogP contribution in [0.4, 0.5) is 0 Å². The third kappa shape index (κ3) is 4.96. The monoisotopic (exact) mass is 214 g/mol. The Kier molecular flexibility index (Phi) is 6.22. The summed E-state index contributed by atoms with van der Waals surface area (Å²) in [5, 5.41) is 3.55. The topological polar surface area (TPSA) is 24.5 Å². The second kappa shape index (κ2) is 7.20. The SMILES string of the molecule is CCC(CNCC(C)C)N1CCOCC1. The molecule has 1 aliphatic heterocycles. The van der Waals surface area contributed by atoms with Crippen LogP contribution < -0.4 is 5.32 Å². The van der Waals surface area contributed by atoms with Crippen LogP contribution in [-0.2, 0) is 4.74 Å². The average Bonchev–Trinajstić information content (AvgIpc) is 2.25. The van der Waals surface area contributed by atoms with E-state index in [-0.39, 0.29) is 0 Å². The quantitative estimate of drug-likeness (QED) is 0.722. The highest BCUT2D eigenvalue weighted by molar-refractivity contribution is 4.75. The van der Waals surface area contributed by atoms with Crippen molar-refractivity contribution < 1.29 is 4.74 Å². The minimum Gasteiger partial charge on any atom is -0.379 e. The Morgan fingerprint density at radius 1 is 1.20 bits per heavy atom. The van der Waals surface area contributed by atoms with E-state index in [1.807, 2.05) is 0 Å². The Hall–Kier alpha value is -0.120. The van der Waals surface area contributed by atoms with Gasteiger partial charge < -0.3 is 10.1 Å². The summed E-state index contributed by atoms with van der Waals surface area (Å²) in [6.45, 7) is 13.0. The van der Waals surface area contributed by atoms with Gasteiger partial charge in [0.25, 0.3) is 0 Å². The maximum Gasteiger partial charge on any atom is 0.0594 e. The normalized spacial score (nSPS) is 20.8. The lowest BCUT2D eigenvalue weighted by molar-refractivity contribution is 0.0158. The second-order valence-corrected chi connectivity index (χ2v) is 4.76. The lowest BCUT2D eigenvalue weighted by Gasteiger charge is -2.34. The molecule has 1 aliphatic rings. The van der Waals surface area contributed by atoms with Crippen molar-refractivity contribution in [2.45, 2.75) is 33.2 Å². The van der Waals surface area contributed by atoms with Gasteiger partial charge in [0.1, 0.15) is 0 Å². The van der Waals surface area contributed by atoms with Crippen molar-refractivity contribution in [2.24, 2.45) is 5.92 Å². The van der Waals surface area contributed by atoms with Crippen LogP contribution >= 0.6 is 0 Å². The Bertz CT molecular complexity index is 156. The van der Waals surface area contributed by atoms with Crippen LogP contribution in [0.15, 0.2) is 0 Å². The number of morpholine rings is 1. The van der Waals surface area contributed by atoms with Gasteiger partial charge in [0.2, 0.25) is 0 Å². The zero-order valence-corrected chi connectivity index (χ0v) is 10.5. The highest BCUT2D eigenvalue weighted by Gasteiger charge is 2.18. The van der Waals surface area contributed by atoms with Crippen molar-refractivity contribution >= 4 is 0 Å². The predicted molar refractivity (Wildman–Crippen MR) is 64.2 cm³/mol. The molecule has 1 N–H and O–H groups in total. The molecule has 3 heteroatoms. The first-order valence-corrected chi connectivity index (χ1v) is 6.26. The molecule has 0 saturated carbocycles. The zero-order valence-electron chi connectivity index (χ0n) is 10.5. The van der Waals surface area contributed by atoms with E-state index in [1.54, 1.807) is 0 Å². The fraction of sp³-hybridized carbons (Fsp3) is 1.00. The minimum atomic E-state index is 0.688. The van der Waals surface area contributed by atoms with Crippen LogP contribution in [0.3, 0.4) is 0 Å². The third-order valence-electron chi connectivity index (χ3n) is 2.97. The first kappa shape index (κ1) is 12.9. The van der Waals surface area contributed by atoms with Crippen molar-refractivity contribution in [3.63, 3.8) is 0 Å². The summed E-state index contributed by atoms with van der Waals surface area (Å²) in [6.07, 6.45) is 1.23. The van der Waals surface area contributed by atoms with Gasteiger partial charge in [-0.25, -0.2) is 0 Å². The molecule has 1 fully saturated rings. The number of hydrogen-bond acceptors (Lipinski definition) is 3. The fourth-order valence-electron chi connectivity index (χ4n) is 2.01. The molecule has 0 bridgehead atoms. The average molecular weight is 214 g/mol. The number of ether oxygens (including phenoxy) is 1. The van der Waals surface area contributed by atoms with Crippen molar-refractivity contribution in [1.82, 2.24) is 10.2 Å². The Morgan fingerprint density at radius 3 is 2.40 bits per heavy atom. The largest absolute Gasteiger partial charge is 0.379 e. The smallest absolute Gasteiger partial charge is 0.0594 e. The van der Waals surface area contributed by atoms with E-state index in [0.717, 1.165) is 45.3 Å². The molecule has 1 saturated heterocycles. The summed E-state index contributed by atoms with van der Waals surface area (Å²) in [5.41, 5.74) is 0. The van der Waals surface area contributed by atoms with Crippen molar-refractivity contribution in [2.75, 3.05) is 39.4 Å². The first-order valence-electron chi connectivity index (χ1n) is 6.26. The van der Waals surface area contributed by atoms with E-state index in [0.29, 0.717) is 6.04 Å². The van der Waals surface area contributed by atoms with E-state index in [2.05, 4.69) is 31.0 Å². The highest BCUT2D eigenvalue weighted by Crippen LogP contribution is 2.06. The van der Waals surface area contributed by atoms with Gasteiger partial charge in [-0.3, -0.25) is 4.90 Å². The van der Waals surface area contributed by atoms with E-state index in [9.17, 15) is 0 Å². The molecule has 1 heterocycles. The first-order chi connectivity index (χ1) is 7.24. The molecule has 0 aromatic carbocycles. The minimum absolute atomic E-state index is 0.688. The standard InChI is InChI=1S/C12H26N2O/c1-4-12(10-13-9-11(2)3)14-5-7-15-8-6-14/h11-13H,4-10H2,1-3H3. The van der Waals surface area contributed by atoms with Crippen molar-refractivity contribution in [3.8, 4) is 0 Å². The summed E-state index contributed by atoms with van der Waals surface area (Å²) in [7, 11) is 0. The number of nitrogens with zero attached hydrogens (tertiary/aromatic N) is 1. The number of rotatable bonds is 6. The van der Waals surface area contributed by atoms with Gasteiger partial charge >= 0.3 is 0 Å². The summed E-state index contributed by atoms with van der Waals surface area (Å²) in [6, 6.07) is 0.688. The van der Waals surface area contributed by atoms with E-state index < -0.39 is 0 Å². The molecule has 0 spiro atoms. The number of hydrogen-bond donors (Lipinski definition) is 1. The molecule has 1 unspecified atom stereocenters. The summed E-state index contributed by atoms with van der Waals surface area (Å²) < 4.78 is 5.37. The molecule has 0 aliphatic carbocycles. The molecular formula is C12H26N2O. The Morgan fingerprint density at radius 2 is 1.87 bits per heavy atom. The molecule has 0 aromatic rings. The summed E-state index contributed by atoms with van der Waals surface area (Å²) in [5.74, 6) is 0.743. The molecule has 0 amide bonds. The predicted octanol–water partition coefficient (Wildman–Crippen LogP) is 1.34. The van der Waals surface area contributed by atoms with Crippen LogP contribution in [0.25, 0.3) is 0 Å². The maximum absolute atomic E-state index is 5.37. The molecular weight excluding hydrogens is 188 g/mol. The van der Waals surface area contributed by atoms with Crippen LogP contribution in [-0.4, -0.2) is 50.3 Å². The van der Waals surface area contributed by atoms with E-state index >= 15 is 0 Å². The Balaban J connectivity index is 2.21. The van der Waals surface area contributed by atoms with Crippen molar-refractivity contribution in [1.29, 1.82) is 0 Å². The van der Waals surface area contributed by atoms with Gasteiger partial charge in [-0.05, 0) is 18.9 Å². The van der Waals surface area contributed by atoms with Gasteiger partial charge in [0, 0.05) is 25.7 Å².